The number of nitrogens with one attached hydrogen (secondary N) is 1. The molecule has 1 atom stereocenters. The lowest BCUT2D eigenvalue weighted by atomic mass is 10.0. The van der Waals surface area contributed by atoms with E-state index in [1.54, 1.807) is 11.3 Å². The molecule has 0 aliphatic carbocycles. The molecule has 1 aromatic heterocycles. The van der Waals surface area contributed by atoms with E-state index in [4.69, 9.17) is 0 Å². The average Bonchev–Trinajstić information content (AvgIpc) is 2.85. The van der Waals surface area contributed by atoms with Crippen molar-refractivity contribution < 1.29 is 4.39 Å². The van der Waals surface area contributed by atoms with Crippen LogP contribution >= 0.6 is 27.3 Å². The second-order valence-electron chi connectivity index (χ2n) is 4.07. The molecule has 0 fully saturated rings. The molecule has 0 aliphatic heterocycles. The molecule has 1 aromatic carbocycles. The van der Waals surface area contributed by atoms with E-state index in [0.29, 0.717) is 0 Å². The molecule has 18 heavy (non-hydrogen) atoms. The van der Waals surface area contributed by atoms with Crippen LogP contribution in [0.1, 0.15) is 23.4 Å². The van der Waals surface area contributed by atoms with E-state index in [0.717, 1.165) is 23.0 Å². The predicted octanol–water partition coefficient (Wildman–Crippen LogP) is 4.54. The largest absolute Gasteiger partial charge is 0.309 e. The van der Waals surface area contributed by atoms with Crippen LogP contribution in [0.4, 0.5) is 4.39 Å². The molecular weight excluding hydrogens is 313 g/mol. The summed E-state index contributed by atoms with van der Waals surface area (Å²) in [5.74, 6) is -0.207. The van der Waals surface area contributed by atoms with Gasteiger partial charge in [-0.15, -0.1) is 11.3 Å². The third-order valence-electron chi connectivity index (χ3n) is 2.78. The van der Waals surface area contributed by atoms with Gasteiger partial charge in [-0.2, -0.15) is 0 Å². The molecule has 2 aromatic rings. The van der Waals surface area contributed by atoms with Crippen LogP contribution in [-0.4, -0.2) is 6.54 Å². The molecule has 1 unspecified atom stereocenters. The van der Waals surface area contributed by atoms with Crippen molar-refractivity contribution in [3.05, 3.63) is 56.4 Å². The number of hydrogen-bond donors (Lipinski definition) is 1. The summed E-state index contributed by atoms with van der Waals surface area (Å²) in [6.45, 7) is 3.02. The van der Waals surface area contributed by atoms with Gasteiger partial charge in [0, 0.05) is 15.4 Å². The van der Waals surface area contributed by atoms with Crippen LogP contribution in [0.2, 0.25) is 0 Å². The Hall–Kier alpha value is -0.710. The molecule has 1 heterocycles. The van der Waals surface area contributed by atoms with E-state index >= 15 is 0 Å². The SMILES string of the molecule is CCNC(Cc1ccc(F)cc1Br)c1cccs1. The number of halogens is 2. The Kier molecular flexibility index (Phi) is 4.92. The van der Waals surface area contributed by atoms with Gasteiger partial charge in [0.25, 0.3) is 0 Å². The molecule has 4 heteroatoms. The van der Waals surface area contributed by atoms with Crippen molar-refractivity contribution in [2.45, 2.75) is 19.4 Å². The average molecular weight is 328 g/mol. The highest BCUT2D eigenvalue weighted by atomic mass is 79.9. The maximum absolute atomic E-state index is 13.1. The number of thiophene rings is 1. The Morgan fingerprint density at radius 2 is 2.22 bits per heavy atom. The fourth-order valence-corrected chi connectivity index (χ4v) is 3.23. The lowest BCUT2D eigenvalue weighted by molar-refractivity contribution is 0.556. The van der Waals surface area contributed by atoms with Crippen LogP contribution < -0.4 is 5.32 Å². The zero-order valence-corrected chi connectivity index (χ0v) is 12.5. The lowest BCUT2D eigenvalue weighted by Crippen LogP contribution is -2.22. The van der Waals surface area contributed by atoms with Gasteiger partial charge in [0.1, 0.15) is 5.82 Å². The standard InChI is InChI=1S/C14H15BrFNS/c1-2-17-13(14-4-3-7-18-14)8-10-5-6-11(16)9-12(10)15/h3-7,9,13,17H,2,8H2,1H3. The zero-order chi connectivity index (χ0) is 13.0. The van der Waals surface area contributed by atoms with Gasteiger partial charge in [-0.1, -0.05) is 35.0 Å². The third kappa shape index (κ3) is 3.40. The lowest BCUT2D eigenvalue weighted by Gasteiger charge is -2.17. The molecule has 0 saturated heterocycles. The molecule has 1 nitrogen and oxygen atoms in total. The Labute approximate surface area is 119 Å². The quantitative estimate of drug-likeness (QED) is 0.849. The minimum atomic E-state index is -0.207. The first-order valence-electron chi connectivity index (χ1n) is 5.91. The van der Waals surface area contributed by atoms with Crippen molar-refractivity contribution in [1.29, 1.82) is 0 Å². The van der Waals surface area contributed by atoms with Crippen LogP contribution in [0, 0.1) is 5.82 Å². The smallest absolute Gasteiger partial charge is 0.124 e. The Bertz CT molecular complexity index is 499. The topological polar surface area (TPSA) is 12.0 Å². The van der Waals surface area contributed by atoms with Gasteiger partial charge in [-0.25, -0.2) is 4.39 Å². The second kappa shape index (κ2) is 6.45. The molecule has 2 rings (SSSR count). The molecule has 0 spiro atoms. The van der Waals surface area contributed by atoms with E-state index in [2.05, 4.69) is 45.7 Å². The van der Waals surface area contributed by atoms with Gasteiger partial charge >= 0.3 is 0 Å². The highest BCUT2D eigenvalue weighted by Crippen LogP contribution is 2.27. The van der Waals surface area contributed by atoms with Crippen molar-refractivity contribution in [1.82, 2.24) is 5.32 Å². The third-order valence-corrected chi connectivity index (χ3v) is 4.50. The normalized spacial score (nSPS) is 12.6. The number of rotatable bonds is 5. The minimum Gasteiger partial charge on any atom is -0.309 e. The summed E-state index contributed by atoms with van der Waals surface area (Å²) < 4.78 is 13.9. The number of hydrogen-bond acceptors (Lipinski definition) is 2. The van der Waals surface area contributed by atoms with E-state index < -0.39 is 0 Å². The van der Waals surface area contributed by atoms with Crippen LogP contribution in [-0.2, 0) is 6.42 Å². The van der Waals surface area contributed by atoms with Crippen molar-refractivity contribution in [3.8, 4) is 0 Å². The molecular formula is C14H15BrFNS. The Balaban J connectivity index is 2.18. The summed E-state index contributed by atoms with van der Waals surface area (Å²) in [4.78, 5) is 1.31. The predicted molar refractivity (Wildman–Crippen MR) is 78.5 cm³/mol. The molecule has 0 aliphatic rings. The van der Waals surface area contributed by atoms with Crippen LogP contribution in [0.5, 0.6) is 0 Å². The zero-order valence-electron chi connectivity index (χ0n) is 10.1. The Morgan fingerprint density at radius 1 is 1.39 bits per heavy atom. The monoisotopic (exact) mass is 327 g/mol. The van der Waals surface area contributed by atoms with Gasteiger partial charge in [0.15, 0.2) is 0 Å². The molecule has 0 radical (unpaired) electrons. The molecule has 0 amide bonds. The van der Waals surface area contributed by atoms with Crippen molar-refractivity contribution in [2.24, 2.45) is 0 Å². The summed E-state index contributed by atoms with van der Waals surface area (Å²) in [7, 11) is 0. The van der Waals surface area contributed by atoms with Crippen molar-refractivity contribution in [2.75, 3.05) is 6.54 Å². The van der Waals surface area contributed by atoms with Gasteiger partial charge in [0.2, 0.25) is 0 Å². The van der Waals surface area contributed by atoms with Gasteiger partial charge in [0.05, 0.1) is 0 Å². The fraction of sp³-hybridized carbons (Fsp3) is 0.286. The first-order valence-corrected chi connectivity index (χ1v) is 7.58. The van der Waals surface area contributed by atoms with Gasteiger partial charge < -0.3 is 5.32 Å². The molecule has 1 N–H and O–H groups in total. The van der Waals surface area contributed by atoms with Crippen LogP contribution in [0.25, 0.3) is 0 Å². The summed E-state index contributed by atoms with van der Waals surface area (Å²) in [6, 6.07) is 9.36. The number of likely N-dealkylation sites (N-methyl/N-ethyl adjacent to an activating group) is 1. The summed E-state index contributed by atoms with van der Waals surface area (Å²) in [6.07, 6.45) is 0.856. The van der Waals surface area contributed by atoms with Crippen molar-refractivity contribution >= 4 is 27.3 Å². The highest BCUT2D eigenvalue weighted by Gasteiger charge is 2.14. The van der Waals surface area contributed by atoms with Crippen molar-refractivity contribution in [3.63, 3.8) is 0 Å². The van der Waals surface area contributed by atoms with Crippen LogP contribution in [0.15, 0.2) is 40.2 Å². The second-order valence-corrected chi connectivity index (χ2v) is 5.90. The van der Waals surface area contributed by atoms with E-state index in [9.17, 15) is 4.39 Å². The summed E-state index contributed by atoms with van der Waals surface area (Å²) >= 11 is 5.17. The molecule has 0 saturated carbocycles. The molecule has 96 valence electrons. The molecule has 0 bridgehead atoms. The Morgan fingerprint density at radius 3 is 2.83 bits per heavy atom. The first kappa shape index (κ1) is 13.7. The fourth-order valence-electron chi connectivity index (χ4n) is 1.92. The van der Waals surface area contributed by atoms with E-state index in [1.807, 2.05) is 6.07 Å². The summed E-state index contributed by atoms with van der Waals surface area (Å²) in [5, 5.41) is 5.55. The van der Waals surface area contributed by atoms with E-state index in [-0.39, 0.29) is 11.9 Å². The highest BCUT2D eigenvalue weighted by molar-refractivity contribution is 9.10. The maximum Gasteiger partial charge on any atom is 0.124 e. The van der Waals surface area contributed by atoms with Gasteiger partial charge in [-0.05, 0) is 42.1 Å². The van der Waals surface area contributed by atoms with E-state index in [1.165, 1.54) is 17.0 Å². The maximum atomic E-state index is 13.1. The minimum absolute atomic E-state index is 0.207. The van der Waals surface area contributed by atoms with Crippen LogP contribution in [0.3, 0.4) is 0 Å². The van der Waals surface area contributed by atoms with Gasteiger partial charge in [-0.3, -0.25) is 0 Å². The number of benzene rings is 1. The summed E-state index contributed by atoms with van der Waals surface area (Å²) in [5.41, 5.74) is 1.12. The first-order chi connectivity index (χ1) is 8.70.